The average molecular weight is 372 g/mol. The summed E-state index contributed by atoms with van der Waals surface area (Å²) in [4.78, 5) is 16.3. The van der Waals surface area contributed by atoms with Crippen LogP contribution < -0.4 is 15.2 Å². The van der Waals surface area contributed by atoms with Crippen LogP contribution in [-0.2, 0) is 6.61 Å². The van der Waals surface area contributed by atoms with Crippen LogP contribution in [-0.4, -0.2) is 21.9 Å². The Bertz CT molecular complexity index is 1210. The molecule has 3 heterocycles. The minimum atomic E-state index is -0.546. The zero-order chi connectivity index (χ0) is 19.5. The number of pyridine rings is 2. The first kappa shape index (κ1) is 17.4. The topological polar surface area (TPSA) is 103 Å². The van der Waals surface area contributed by atoms with E-state index in [-0.39, 0.29) is 13.2 Å². The highest BCUT2D eigenvalue weighted by Crippen LogP contribution is 2.35. The van der Waals surface area contributed by atoms with Gasteiger partial charge in [0.2, 0.25) is 0 Å². The Kier molecular flexibility index (Phi) is 4.52. The number of primary amides is 1. The second-order valence-electron chi connectivity index (χ2n) is 6.11. The van der Waals surface area contributed by atoms with Crippen LogP contribution in [0.3, 0.4) is 0 Å². The van der Waals surface area contributed by atoms with Crippen LogP contribution >= 0.6 is 0 Å². The molecule has 0 aliphatic rings. The third-order valence-electron chi connectivity index (χ3n) is 4.34. The van der Waals surface area contributed by atoms with Gasteiger partial charge in [-0.25, -0.2) is 0 Å². The second-order valence-corrected chi connectivity index (χ2v) is 6.11. The first-order valence-electron chi connectivity index (χ1n) is 8.57. The number of benzene rings is 1. The summed E-state index contributed by atoms with van der Waals surface area (Å²) < 4.78 is 13.3. The van der Waals surface area contributed by atoms with Crippen molar-refractivity contribution in [3.05, 3.63) is 72.2 Å². The molecule has 1 aromatic carbocycles. The molecule has 3 aromatic heterocycles. The molecule has 0 saturated carbocycles. The first-order valence-corrected chi connectivity index (χ1v) is 8.57. The van der Waals surface area contributed by atoms with E-state index in [1.807, 2.05) is 42.5 Å². The fraction of sp³-hybridized carbons (Fsp3) is 0.0952. The van der Waals surface area contributed by atoms with Crippen LogP contribution in [0.4, 0.5) is 0 Å². The molecule has 7 heteroatoms. The van der Waals surface area contributed by atoms with Gasteiger partial charge in [0.05, 0.1) is 17.3 Å². The summed E-state index contributed by atoms with van der Waals surface area (Å²) in [6.07, 6.45) is 5.11. The van der Waals surface area contributed by atoms with Crippen molar-refractivity contribution in [3.63, 3.8) is 0 Å². The van der Waals surface area contributed by atoms with Gasteiger partial charge in [0, 0.05) is 29.4 Å². The lowest BCUT2D eigenvalue weighted by Gasteiger charge is -2.12. The molecule has 0 spiro atoms. The van der Waals surface area contributed by atoms with E-state index in [9.17, 15) is 4.79 Å². The van der Waals surface area contributed by atoms with E-state index >= 15 is 0 Å². The molecule has 0 radical (unpaired) electrons. The van der Waals surface area contributed by atoms with Crippen LogP contribution in [0.5, 0.6) is 11.5 Å². The minimum Gasteiger partial charge on any atom is -0.486 e. The third-order valence-corrected chi connectivity index (χ3v) is 4.34. The number of aromatic nitrogens is 2. The molecule has 4 aromatic rings. The zero-order valence-corrected chi connectivity index (χ0v) is 14.8. The number of carbonyl (C=O) groups is 1. The smallest absolute Gasteiger partial charge is 0.251 e. The lowest BCUT2D eigenvalue weighted by Crippen LogP contribution is -2.11. The molecule has 138 valence electrons. The van der Waals surface area contributed by atoms with Gasteiger partial charge in [0.1, 0.15) is 29.7 Å². The van der Waals surface area contributed by atoms with Gasteiger partial charge in [0.25, 0.3) is 5.91 Å². The monoisotopic (exact) mass is 372 g/mol. The van der Waals surface area contributed by atoms with Crippen molar-refractivity contribution in [3.8, 4) is 17.6 Å². The molecule has 0 unspecified atom stereocenters. The van der Waals surface area contributed by atoms with Crippen LogP contribution in [0.2, 0.25) is 0 Å². The standard InChI is InChI=1S/C21H16N4O3/c22-7-9-27-15-10-18(28-13-14-4-3-8-24-11-14)20-19(21(23)26)16-5-1-2-6-17(16)25(20)12-15/h1-6,8,10-12H,9,13H2,(H2,23,26). The largest absolute Gasteiger partial charge is 0.486 e. The molecule has 0 bridgehead atoms. The summed E-state index contributed by atoms with van der Waals surface area (Å²) in [6, 6.07) is 14.8. The van der Waals surface area contributed by atoms with Crippen molar-refractivity contribution in [2.24, 2.45) is 5.73 Å². The number of rotatable bonds is 6. The van der Waals surface area contributed by atoms with Gasteiger partial charge >= 0.3 is 0 Å². The molecule has 1 amide bonds. The summed E-state index contributed by atoms with van der Waals surface area (Å²) in [6.45, 7) is 0.153. The quantitative estimate of drug-likeness (QED) is 0.560. The fourth-order valence-electron chi connectivity index (χ4n) is 3.20. The van der Waals surface area contributed by atoms with Crippen LogP contribution in [0.15, 0.2) is 61.1 Å². The molecule has 0 atom stereocenters. The highest BCUT2D eigenvalue weighted by Gasteiger charge is 2.21. The summed E-state index contributed by atoms with van der Waals surface area (Å²) in [5.41, 5.74) is 8.30. The Hall–Kier alpha value is -4.05. The van der Waals surface area contributed by atoms with E-state index in [2.05, 4.69) is 4.98 Å². The number of hydrogen-bond acceptors (Lipinski definition) is 5. The number of nitrogens with two attached hydrogens (primary N) is 1. The number of ether oxygens (including phenoxy) is 2. The average Bonchev–Trinajstić information content (AvgIpc) is 3.06. The second kappa shape index (κ2) is 7.29. The number of nitrogens with zero attached hydrogens (tertiary/aromatic N) is 3. The highest BCUT2D eigenvalue weighted by atomic mass is 16.5. The maximum absolute atomic E-state index is 12.2. The Morgan fingerprint density at radius 3 is 2.82 bits per heavy atom. The van der Waals surface area contributed by atoms with E-state index in [1.165, 1.54) is 0 Å². The number of carbonyl (C=O) groups excluding carboxylic acids is 1. The third kappa shape index (κ3) is 3.08. The maximum Gasteiger partial charge on any atom is 0.251 e. The normalized spacial score (nSPS) is 10.7. The molecule has 0 aliphatic carbocycles. The Morgan fingerprint density at radius 2 is 2.07 bits per heavy atom. The van der Waals surface area contributed by atoms with E-state index in [0.717, 1.165) is 16.5 Å². The van der Waals surface area contributed by atoms with Crippen molar-refractivity contribution >= 4 is 22.3 Å². The van der Waals surface area contributed by atoms with Crippen molar-refractivity contribution in [1.82, 2.24) is 9.38 Å². The number of fused-ring (bicyclic) bond motifs is 3. The molecule has 2 N–H and O–H groups in total. The summed E-state index contributed by atoms with van der Waals surface area (Å²) in [7, 11) is 0. The van der Waals surface area contributed by atoms with Gasteiger partial charge < -0.3 is 19.6 Å². The predicted octanol–water partition coefficient (Wildman–Crippen LogP) is 3.07. The molecule has 4 rings (SSSR count). The molecule has 0 aliphatic heterocycles. The number of para-hydroxylation sites is 1. The van der Waals surface area contributed by atoms with Crippen LogP contribution in [0.1, 0.15) is 15.9 Å². The number of amides is 1. The Balaban J connectivity index is 1.92. The van der Waals surface area contributed by atoms with Crippen LogP contribution in [0.25, 0.3) is 16.4 Å². The van der Waals surface area contributed by atoms with Gasteiger partial charge in [-0.15, -0.1) is 0 Å². The van der Waals surface area contributed by atoms with Gasteiger partial charge in [-0.2, -0.15) is 5.26 Å². The van der Waals surface area contributed by atoms with E-state index in [1.54, 1.807) is 29.1 Å². The molecular formula is C21H16N4O3. The molecule has 7 nitrogen and oxygen atoms in total. The van der Waals surface area contributed by atoms with Crippen LogP contribution in [0, 0.1) is 11.3 Å². The molecule has 0 fully saturated rings. The molecule has 28 heavy (non-hydrogen) atoms. The highest BCUT2D eigenvalue weighted by molar-refractivity contribution is 6.14. The van der Waals surface area contributed by atoms with E-state index < -0.39 is 5.91 Å². The zero-order valence-electron chi connectivity index (χ0n) is 14.8. The lowest BCUT2D eigenvalue weighted by atomic mass is 10.1. The van der Waals surface area contributed by atoms with Crippen molar-refractivity contribution < 1.29 is 14.3 Å². The van der Waals surface area contributed by atoms with Gasteiger partial charge in [-0.1, -0.05) is 24.3 Å². The Morgan fingerprint density at radius 1 is 1.21 bits per heavy atom. The van der Waals surface area contributed by atoms with Crippen molar-refractivity contribution in [1.29, 1.82) is 5.26 Å². The van der Waals surface area contributed by atoms with Crippen molar-refractivity contribution in [2.45, 2.75) is 6.61 Å². The first-order chi connectivity index (χ1) is 13.7. The maximum atomic E-state index is 12.2. The van der Waals surface area contributed by atoms with Gasteiger partial charge in [0.15, 0.2) is 6.61 Å². The van der Waals surface area contributed by atoms with Gasteiger partial charge in [-0.3, -0.25) is 9.78 Å². The minimum absolute atomic E-state index is 0.102. The van der Waals surface area contributed by atoms with E-state index in [4.69, 9.17) is 20.5 Å². The Labute approximate surface area is 160 Å². The summed E-state index contributed by atoms with van der Waals surface area (Å²) >= 11 is 0. The number of hydrogen-bond donors (Lipinski definition) is 1. The number of nitriles is 1. The van der Waals surface area contributed by atoms with E-state index in [0.29, 0.717) is 22.6 Å². The summed E-state index contributed by atoms with van der Waals surface area (Å²) in [5, 5.41) is 9.55. The fourth-order valence-corrected chi connectivity index (χ4v) is 3.20. The van der Waals surface area contributed by atoms with Crippen molar-refractivity contribution in [2.75, 3.05) is 6.61 Å². The SMILES string of the molecule is N#CCOc1cc(OCc2cccnc2)c2c(C(N)=O)c3ccccc3n2c1. The van der Waals surface area contributed by atoms with Gasteiger partial charge in [-0.05, 0) is 12.1 Å². The lowest BCUT2D eigenvalue weighted by molar-refractivity contribution is 0.100. The summed E-state index contributed by atoms with van der Waals surface area (Å²) in [5.74, 6) is 0.340. The molecule has 0 saturated heterocycles. The predicted molar refractivity (Wildman–Crippen MR) is 103 cm³/mol. The molecular weight excluding hydrogens is 356 g/mol.